The van der Waals surface area contributed by atoms with Gasteiger partial charge in [-0.1, -0.05) is 6.08 Å². The van der Waals surface area contributed by atoms with E-state index in [1.54, 1.807) is 13.0 Å². The second-order valence-electron chi connectivity index (χ2n) is 3.32. The van der Waals surface area contributed by atoms with E-state index in [0.717, 1.165) is 5.70 Å². The summed E-state index contributed by atoms with van der Waals surface area (Å²) in [6.45, 7) is 1.96. The van der Waals surface area contributed by atoms with Crippen LogP contribution in [0.25, 0.3) is 0 Å². The molecule has 1 aliphatic rings. The summed E-state index contributed by atoms with van der Waals surface area (Å²) in [6.07, 6.45) is 10.7. The number of hydrogen-bond acceptors (Lipinski definition) is 4. The summed E-state index contributed by atoms with van der Waals surface area (Å²) in [5, 5.41) is 8.82. The summed E-state index contributed by atoms with van der Waals surface area (Å²) in [6, 6.07) is 1.82. The summed E-state index contributed by atoms with van der Waals surface area (Å²) >= 11 is 0. The average Bonchev–Trinajstić information content (AvgIpc) is 2.32. The van der Waals surface area contributed by atoms with Gasteiger partial charge in [-0.2, -0.15) is 5.26 Å². The highest BCUT2D eigenvalue weighted by molar-refractivity contribution is 5.93. The van der Waals surface area contributed by atoms with Crippen LogP contribution >= 0.6 is 0 Å². The number of ether oxygens (including phenoxy) is 1. The minimum absolute atomic E-state index is 0.00398. The van der Waals surface area contributed by atoms with E-state index in [1.165, 1.54) is 6.08 Å². The largest absolute Gasteiger partial charge is 0.462 e. The van der Waals surface area contributed by atoms with Gasteiger partial charge in [0.05, 0.1) is 6.61 Å². The zero-order valence-electron chi connectivity index (χ0n) is 9.88. The van der Waals surface area contributed by atoms with E-state index in [-0.39, 0.29) is 12.2 Å². The monoisotopic (exact) mass is 230 g/mol. The zero-order valence-corrected chi connectivity index (χ0v) is 9.88. The maximum Gasteiger partial charge on any atom is 0.348 e. The maximum atomic E-state index is 11.3. The molecule has 4 heteroatoms. The number of hydrogen-bond donors (Lipinski definition) is 0. The van der Waals surface area contributed by atoms with Gasteiger partial charge in [-0.25, -0.2) is 4.79 Å². The normalized spacial score (nSPS) is 17.1. The van der Waals surface area contributed by atoms with E-state index in [1.807, 2.05) is 42.4 Å². The second-order valence-corrected chi connectivity index (χ2v) is 3.32. The third-order valence-electron chi connectivity index (χ3n) is 2.13. The van der Waals surface area contributed by atoms with Gasteiger partial charge in [0.15, 0.2) is 0 Å². The smallest absolute Gasteiger partial charge is 0.348 e. The molecular formula is C13H14N2O2. The molecule has 1 rings (SSSR count). The third-order valence-corrected chi connectivity index (χ3v) is 2.13. The number of rotatable bonds is 3. The number of nitrogens with zero attached hydrogens (tertiary/aromatic N) is 2. The first-order valence-electron chi connectivity index (χ1n) is 5.26. The molecule has 4 nitrogen and oxygen atoms in total. The van der Waals surface area contributed by atoms with Gasteiger partial charge in [0.2, 0.25) is 0 Å². The van der Waals surface area contributed by atoms with Crippen LogP contribution in [0.4, 0.5) is 0 Å². The van der Waals surface area contributed by atoms with Crippen LogP contribution in [0.2, 0.25) is 0 Å². The molecule has 0 aromatic rings. The second kappa shape index (κ2) is 6.33. The van der Waals surface area contributed by atoms with Crippen LogP contribution in [0.3, 0.4) is 0 Å². The van der Waals surface area contributed by atoms with Gasteiger partial charge in [0, 0.05) is 18.9 Å². The fourth-order valence-corrected chi connectivity index (χ4v) is 1.24. The molecule has 1 aliphatic heterocycles. The van der Waals surface area contributed by atoms with Crippen LogP contribution in [0.1, 0.15) is 6.92 Å². The average molecular weight is 230 g/mol. The molecule has 0 spiro atoms. The first kappa shape index (κ1) is 12.8. The van der Waals surface area contributed by atoms with Gasteiger partial charge >= 0.3 is 5.97 Å². The van der Waals surface area contributed by atoms with E-state index in [2.05, 4.69) is 0 Å². The van der Waals surface area contributed by atoms with Crippen molar-refractivity contribution in [2.75, 3.05) is 13.7 Å². The van der Waals surface area contributed by atoms with Crippen LogP contribution in [-0.4, -0.2) is 24.5 Å². The molecule has 0 aromatic heterocycles. The van der Waals surface area contributed by atoms with E-state index < -0.39 is 5.97 Å². The minimum Gasteiger partial charge on any atom is -0.462 e. The molecule has 0 fully saturated rings. The molecule has 0 saturated heterocycles. The highest BCUT2D eigenvalue weighted by Crippen LogP contribution is 2.10. The van der Waals surface area contributed by atoms with E-state index in [9.17, 15) is 4.79 Å². The number of likely N-dealkylation sites (N-methyl/N-ethyl adjacent to an activating group) is 1. The quantitative estimate of drug-likeness (QED) is 0.422. The van der Waals surface area contributed by atoms with Gasteiger partial charge in [-0.15, -0.1) is 0 Å². The van der Waals surface area contributed by atoms with Gasteiger partial charge in [0.1, 0.15) is 11.6 Å². The lowest BCUT2D eigenvalue weighted by molar-refractivity contribution is -0.138. The van der Waals surface area contributed by atoms with Crippen molar-refractivity contribution >= 4 is 5.97 Å². The fourth-order valence-electron chi connectivity index (χ4n) is 1.24. The van der Waals surface area contributed by atoms with Gasteiger partial charge in [-0.05, 0) is 31.2 Å². The SMILES string of the molecule is CCOC(=O)C(C#N)=CC=C1C=CC=CN1C. The Labute approximate surface area is 101 Å². The topological polar surface area (TPSA) is 53.3 Å². The third kappa shape index (κ3) is 3.65. The molecule has 0 radical (unpaired) electrons. The Balaban J connectivity index is 2.84. The van der Waals surface area contributed by atoms with Crippen molar-refractivity contribution in [3.05, 3.63) is 47.9 Å². The molecule has 0 aromatic carbocycles. The standard InChI is InChI=1S/C13H14N2O2/c1-3-17-13(16)11(10-14)7-8-12-6-4-5-9-15(12)2/h4-9H,3H2,1-2H3. The van der Waals surface area contributed by atoms with E-state index in [0.29, 0.717) is 0 Å². The van der Waals surface area contributed by atoms with E-state index in [4.69, 9.17) is 10.00 Å². The van der Waals surface area contributed by atoms with Crippen LogP contribution in [-0.2, 0) is 9.53 Å². The molecule has 0 aliphatic carbocycles. The maximum absolute atomic E-state index is 11.3. The van der Waals surface area contributed by atoms with Gasteiger partial charge in [-0.3, -0.25) is 0 Å². The molecule has 0 bridgehead atoms. The molecule has 0 saturated carbocycles. The van der Waals surface area contributed by atoms with Crippen molar-refractivity contribution in [3.8, 4) is 6.07 Å². The Bertz CT molecular complexity index is 451. The fraction of sp³-hybridized carbons (Fsp3) is 0.231. The highest BCUT2D eigenvalue weighted by Gasteiger charge is 2.08. The van der Waals surface area contributed by atoms with Gasteiger partial charge < -0.3 is 9.64 Å². The van der Waals surface area contributed by atoms with Gasteiger partial charge in [0.25, 0.3) is 0 Å². The molecule has 17 heavy (non-hydrogen) atoms. The summed E-state index contributed by atoms with van der Waals surface area (Å²) in [4.78, 5) is 13.2. The van der Waals surface area contributed by atoms with Crippen molar-refractivity contribution in [2.24, 2.45) is 0 Å². The first-order chi connectivity index (χ1) is 8.19. The lowest BCUT2D eigenvalue weighted by Crippen LogP contribution is -2.10. The van der Waals surface area contributed by atoms with Crippen molar-refractivity contribution in [1.82, 2.24) is 4.90 Å². The molecule has 0 atom stereocenters. The Morgan fingerprint density at radius 2 is 2.35 bits per heavy atom. The van der Waals surface area contributed by atoms with Crippen molar-refractivity contribution in [2.45, 2.75) is 6.92 Å². The summed E-state index contributed by atoms with van der Waals surface area (Å²) in [5.41, 5.74) is 0.889. The Morgan fingerprint density at radius 1 is 1.59 bits per heavy atom. The Kier molecular flexibility index (Phi) is 4.77. The zero-order chi connectivity index (χ0) is 12.7. The lowest BCUT2D eigenvalue weighted by atomic mass is 10.2. The summed E-state index contributed by atoms with van der Waals surface area (Å²) in [7, 11) is 1.89. The molecule has 0 N–H and O–H groups in total. The van der Waals surface area contributed by atoms with Crippen LogP contribution in [0, 0.1) is 11.3 Å². The van der Waals surface area contributed by atoms with Crippen molar-refractivity contribution in [1.29, 1.82) is 5.26 Å². The predicted molar refractivity (Wildman–Crippen MR) is 64.5 cm³/mol. The molecule has 1 heterocycles. The van der Waals surface area contributed by atoms with Crippen LogP contribution < -0.4 is 0 Å². The lowest BCUT2D eigenvalue weighted by Gasteiger charge is -2.17. The number of allylic oxidation sites excluding steroid dienone is 5. The molecule has 0 amide bonds. The van der Waals surface area contributed by atoms with E-state index >= 15 is 0 Å². The van der Waals surface area contributed by atoms with Crippen LogP contribution in [0.5, 0.6) is 0 Å². The van der Waals surface area contributed by atoms with Crippen molar-refractivity contribution in [3.63, 3.8) is 0 Å². The minimum atomic E-state index is -0.593. The van der Waals surface area contributed by atoms with Crippen LogP contribution in [0.15, 0.2) is 47.9 Å². The molecular weight excluding hydrogens is 216 g/mol. The molecule has 0 unspecified atom stereocenters. The highest BCUT2D eigenvalue weighted by atomic mass is 16.5. The Hall–Kier alpha value is -2.28. The molecule has 88 valence electrons. The Morgan fingerprint density at radius 3 is 2.94 bits per heavy atom. The predicted octanol–water partition coefficient (Wildman–Crippen LogP) is 1.90. The summed E-state index contributed by atoms with van der Waals surface area (Å²) < 4.78 is 4.76. The first-order valence-corrected chi connectivity index (χ1v) is 5.26. The number of carbonyl (C=O) groups is 1. The van der Waals surface area contributed by atoms with Crippen molar-refractivity contribution < 1.29 is 9.53 Å². The number of nitriles is 1. The summed E-state index contributed by atoms with van der Waals surface area (Å²) in [5.74, 6) is -0.593. The number of esters is 1. The number of carbonyl (C=O) groups excluding carboxylic acids is 1.